The summed E-state index contributed by atoms with van der Waals surface area (Å²) < 4.78 is 37.3. The summed E-state index contributed by atoms with van der Waals surface area (Å²) >= 11 is 1.06. The van der Waals surface area contributed by atoms with Crippen molar-refractivity contribution in [2.24, 2.45) is 9.63 Å². The Bertz CT molecular complexity index is 938. The van der Waals surface area contributed by atoms with E-state index in [2.05, 4.69) is 24.9 Å². The van der Waals surface area contributed by atoms with Gasteiger partial charge in [-0.25, -0.2) is 9.00 Å². The zero-order valence-corrected chi connectivity index (χ0v) is 15.9. The van der Waals surface area contributed by atoms with E-state index in [-0.39, 0.29) is 21.7 Å². The van der Waals surface area contributed by atoms with Crippen molar-refractivity contribution in [1.29, 1.82) is 0 Å². The van der Waals surface area contributed by atoms with E-state index in [1.165, 1.54) is 20.3 Å². The van der Waals surface area contributed by atoms with E-state index >= 15 is 0 Å². The van der Waals surface area contributed by atoms with Crippen molar-refractivity contribution in [3.8, 4) is 11.8 Å². The first-order chi connectivity index (χ1) is 12.4. The third kappa shape index (κ3) is 5.00. The minimum absolute atomic E-state index is 0.107. The van der Waals surface area contributed by atoms with E-state index in [0.717, 1.165) is 17.8 Å². The molecule has 2 rings (SSSR count). The molecule has 2 N–H and O–H groups in total. The normalized spacial score (nSPS) is 13.4. The second-order valence-corrected chi connectivity index (χ2v) is 7.44. The summed E-state index contributed by atoms with van der Waals surface area (Å²) in [6, 6.07) is 0.404. The Kier molecular flexibility index (Phi) is 6.65. The maximum atomic E-state index is 12.3. The minimum atomic E-state index is -3.84. The molecule has 0 aliphatic rings. The Balaban J connectivity index is 2.24. The number of nitrogens with zero attached hydrogens (tertiary/aromatic N) is 5. The van der Waals surface area contributed by atoms with Crippen LogP contribution in [0.1, 0.15) is 13.3 Å². The van der Waals surface area contributed by atoms with Gasteiger partial charge in [-0.3, -0.25) is 9.87 Å². The highest BCUT2D eigenvalue weighted by atomic mass is 32.2. The van der Waals surface area contributed by atoms with Crippen LogP contribution in [0.5, 0.6) is 11.8 Å². The highest BCUT2D eigenvalue weighted by Gasteiger charge is 2.11. The first-order valence-corrected chi connectivity index (χ1v) is 9.69. The first-order valence-electron chi connectivity index (χ1n) is 7.34. The van der Waals surface area contributed by atoms with Crippen molar-refractivity contribution in [3.05, 3.63) is 21.6 Å². The average Bonchev–Trinajstić information content (AvgIpc) is 3.09. The molecule has 1 unspecified atom stereocenters. The van der Waals surface area contributed by atoms with Crippen LogP contribution in [0.2, 0.25) is 0 Å². The third-order valence-electron chi connectivity index (χ3n) is 2.89. The predicted octanol–water partition coefficient (Wildman–Crippen LogP) is 2.66. The second kappa shape index (κ2) is 8.73. The third-order valence-corrected chi connectivity index (χ3v) is 5.52. The molecule has 2 amide bonds. The molecule has 1 atom stereocenters. The van der Waals surface area contributed by atoms with Gasteiger partial charge >= 0.3 is 6.03 Å². The quantitative estimate of drug-likeness (QED) is 0.559. The number of aromatic nitrogens is 3. The number of ether oxygens (including phenoxy) is 2. The summed E-state index contributed by atoms with van der Waals surface area (Å²) in [5, 5.41) is 7.13. The molecule has 26 heavy (non-hydrogen) atoms. The fourth-order valence-electron chi connectivity index (χ4n) is 1.83. The van der Waals surface area contributed by atoms with E-state index in [4.69, 9.17) is 9.47 Å². The zero-order valence-electron chi connectivity index (χ0n) is 14.3. The topological polar surface area (TPSA) is 140 Å². The lowest BCUT2D eigenvalue weighted by molar-refractivity contribution is 0.258. The number of aryl methyl sites for hydroxylation is 1. The smallest absolute Gasteiger partial charge is 0.367 e. The van der Waals surface area contributed by atoms with E-state index in [1.54, 1.807) is 16.1 Å². The Morgan fingerprint density at radius 3 is 2.62 bits per heavy atom. The van der Waals surface area contributed by atoms with Crippen LogP contribution in [-0.2, 0) is 16.5 Å². The molecular formula is C13H18N6O5S2. The van der Waals surface area contributed by atoms with Gasteiger partial charge in [0.25, 0.3) is 0 Å². The molecule has 0 saturated heterocycles. The molecule has 2 aromatic heterocycles. The summed E-state index contributed by atoms with van der Waals surface area (Å²) in [6.07, 6.45) is 2.45. The Labute approximate surface area is 153 Å². The number of carbonyl (C=O) groups is 1. The highest BCUT2D eigenvalue weighted by molar-refractivity contribution is 7.89. The average molecular weight is 402 g/mol. The Hall–Kier alpha value is -2.51. The molecular weight excluding hydrogens is 384 g/mol. The predicted molar refractivity (Wildman–Crippen MR) is 95.6 cm³/mol. The van der Waals surface area contributed by atoms with Gasteiger partial charge in [0.05, 0.1) is 20.3 Å². The van der Waals surface area contributed by atoms with Crippen LogP contribution in [0.15, 0.2) is 27.3 Å². The number of hydrogen-bond donors (Lipinski definition) is 2. The number of methoxy groups -OCH3 is 2. The number of rotatable bonds is 6. The van der Waals surface area contributed by atoms with Crippen LogP contribution in [0.3, 0.4) is 0 Å². The molecule has 0 saturated carbocycles. The van der Waals surface area contributed by atoms with Crippen molar-refractivity contribution >= 4 is 33.3 Å². The van der Waals surface area contributed by atoms with Crippen LogP contribution in [0.4, 0.5) is 10.7 Å². The lowest BCUT2D eigenvalue weighted by Gasteiger charge is -2.05. The standard InChI is InChI=1S/C13H18N6O5S2/c1-4-5-19-6-7-25-13(19)26(21,22)18-17-12(20)16-11-14-9(23-2)8-10(15-11)24-3/h6-8H,4-5H2,1-3H3,(H,21,22)(H,14,15,16,20). The first kappa shape index (κ1) is 19.8. The van der Waals surface area contributed by atoms with Crippen LogP contribution >= 0.6 is 11.3 Å². The van der Waals surface area contributed by atoms with Gasteiger partial charge < -0.3 is 14.0 Å². The summed E-state index contributed by atoms with van der Waals surface area (Å²) in [5.41, 5.74) is 0. The van der Waals surface area contributed by atoms with Crippen LogP contribution < -0.4 is 14.8 Å². The summed E-state index contributed by atoms with van der Waals surface area (Å²) in [5.74, 6) is 0.176. The molecule has 2 aromatic rings. The molecule has 0 aliphatic carbocycles. The van der Waals surface area contributed by atoms with Crippen molar-refractivity contribution in [1.82, 2.24) is 14.5 Å². The van der Waals surface area contributed by atoms with Crippen LogP contribution in [0, 0.1) is 3.95 Å². The molecule has 11 nitrogen and oxygen atoms in total. The number of thiazole rings is 1. The lowest BCUT2D eigenvalue weighted by Crippen LogP contribution is -2.11. The summed E-state index contributed by atoms with van der Waals surface area (Å²) in [6.45, 7) is 2.49. The van der Waals surface area contributed by atoms with Crippen molar-refractivity contribution in [2.45, 2.75) is 19.9 Å². The van der Waals surface area contributed by atoms with Gasteiger partial charge in [-0.05, 0) is 6.42 Å². The monoisotopic (exact) mass is 402 g/mol. The molecule has 0 spiro atoms. The molecule has 0 bridgehead atoms. The number of anilines is 1. The van der Waals surface area contributed by atoms with Crippen LogP contribution in [0.25, 0.3) is 0 Å². The van der Waals surface area contributed by atoms with Crippen molar-refractivity contribution in [2.75, 3.05) is 19.5 Å². The van der Waals surface area contributed by atoms with E-state index in [9.17, 15) is 13.6 Å². The maximum absolute atomic E-state index is 12.3. The largest absolute Gasteiger partial charge is 0.481 e. The van der Waals surface area contributed by atoms with E-state index in [0.29, 0.717) is 6.54 Å². The van der Waals surface area contributed by atoms with Gasteiger partial charge in [0.15, 0.2) is 3.95 Å². The second-order valence-electron chi connectivity index (χ2n) is 4.75. The van der Waals surface area contributed by atoms with Gasteiger partial charge in [-0.1, -0.05) is 16.6 Å². The maximum Gasteiger partial charge on any atom is 0.367 e. The van der Waals surface area contributed by atoms with Crippen molar-refractivity contribution < 1.29 is 23.0 Å². The molecule has 142 valence electrons. The fraction of sp³-hybridized carbons (Fsp3) is 0.385. The number of urea groups is 1. The molecule has 0 aliphatic heterocycles. The fourth-order valence-corrected chi connectivity index (χ4v) is 3.92. The van der Waals surface area contributed by atoms with Gasteiger partial charge in [0.2, 0.25) is 27.7 Å². The number of hydrogen-bond acceptors (Lipinski definition) is 7. The number of carbonyl (C=O) groups excluding carboxylic acids is 1. The number of nitrogens with one attached hydrogen (secondary N) is 1. The Morgan fingerprint density at radius 1 is 1.38 bits per heavy atom. The zero-order chi connectivity index (χ0) is 19.2. The van der Waals surface area contributed by atoms with Gasteiger partial charge in [-0.15, -0.1) is 11.3 Å². The van der Waals surface area contributed by atoms with E-state index < -0.39 is 16.0 Å². The van der Waals surface area contributed by atoms with Crippen molar-refractivity contribution in [3.63, 3.8) is 0 Å². The van der Waals surface area contributed by atoms with Gasteiger partial charge in [-0.2, -0.15) is 9.97 Å². The van der Waals surface area contributed by atoms with Gasteiger partial charge in [0.1, 0.15) is 0 Å². The van der Waals surface area contributed by atoms with Crippen LogP contribution in [-0.4, -0.2) is 43.5 Å². The Morgan fingerprint density at radius 2 is 2.04 bits per heavy atom. The molecule has 0 radical (unpaired) electrons. The summed E-state index contributed by atoms with van der Waals surface area (Å²) in [4.78, 5) is 19.6. The molecule has 0 fully saturated rings. The SMILES string of the molecule is CCCn1ccsc1=S(=O)(O)N=NC(=O)Nc1nc(OC)cc(OC)n1. The highest BCUT2D eigenvalue weighted by Crippen LogP contribution is 2.17. The molecule has 13 heteroatoms. The molecule has 2 heterocycles. The summed E-state index contributed by atoms with van der Waals surface area (Å²) in [7, 11) is -1.07. The lowest BCUT2D eigenvalue weighted by atomic mass is 10.5. The minimum Gasteiger partial charge on any atom is -0.481 e. The van der Waals surface area contributed by atoms with E-state index in [1.807, 2.05) is 6.92 Å². The van der Waals surface area contributed by atoms with Gasteiger partial charge in [0, 0.05) is 18.1 Å². The number of amides is 2. The molecule has 0 aromatic carbocycles.